The van der Waals surface area contributed by atoms with Crippen molar-refractivity contribution in [3.05, 3.63) is 47.1 Å². The van der Waals surface area contributed by atoms with Crippen molar-refractivity contribution in [2.75, 3.05) is 0 Å². The Bertz CT molecular complexity index is 322. The smallest absolute Gasteiger partial charge is 0.0124 e. The lowest BCUT2D eigenvalue weighted by Crippen LogP contribution is -2.04. The molecule has 2 rings (SSSR count). The van der Waals surface area contributed by atoms with Crippen molar-refractivity contribution in [2.24, 2.45) is 5.92 Å². The monoisotopic (exact) mass is 172 g/mol. The average Bonchev–Trinajstić information content (AvgIpc) is 2.17. The van der Waals surface area contributed by atoms with Crippen LogP contribution >= 0.6 is 0 Å². The highest BCUT2D eigenvalue weighted by atomic mass is 14.2. The molecule has 0 amide bonds. The maximum Gasteiger partial charge on any atom is -0.0124 e. The van der Waals surface area contributed by atoms with Gasteiger partial charge in [-0.2, -0.15) is 0 Å². The van der Waals surface area contributed by atoms with Gasteiger partial charge >= 0.3 is 0 Å². The summed E-state index contributed by atoms with van der Waals surface area (Å²) >= 11 is 0. The van der Waals surface area contributed by atoms with E-state index in [1.54, 1.807) is 5.57 Å². The van der Waals surface area contributed by atoms with Crippen molar-refractivity contribution in [3.63, 3.8) is 0 Å². The van der Waals surface area contributed by atoms with Crippen LogP contribution in [0.4, 0.5) is 0 Å². The lowest BCUT2D eigenvalue weighted by atomic mass is 9.84. The molecule has 0 heterocycles. The van der Waals surface area contributed by atoms with Gasteiger partial charge in [0.2, 0.25) is 0 Å². The Labute approximate surface area is 80.3 Å². The molecule has 0 radical (unpaired) electrons. The molecule has 2 aliphatic rings. The molecule has 0 spiro atoms. The van der Waals surface area contributed by atoms with Gasteiger partial charge in [-0.1, -0.05) is 49.8 Å². The molecule has 0 fully saturated rings. The molecule has 0 aromatic rings. The Hall–Kier alpha value is -1.04. The fourth-order valence-electron chi connectivity index (χ4n) is 2.01. The van der Waals surface area contributed by atoms with Crippen LogP contribution < -0.4 is 0 Å². The highest BCUT2D eigenvalue weighted by Gasteiger charge is 2.14. The molecule has 68 valence electrons. The highest BCUT2D eigenvalue weighted by Crippen LogP contribution is 2.32. The number of hydrogen-bond acceptors (Lipinski definition) is 0. The van der Waals surface area contributed by atoms with Gasteiger partial charge in [-0.15, -0.1) is 0 Å². The summed E-state index contributed by atoms with van der Waals surface area (Å²) in [6.07, 6.45) is 13.6. The summed E-state index contributed by atoms with van der Waals surface area (Å²) in [5.41, 5.74) is 4.49. The number of hydrogen-bond donors (Lipinski definition) is 0. The van der Waals surface area contributed by atoms with Gasteiger partial charge < -0.3 is 0 Å². The van der Waals surface area contributed by atoms with Crippen molar-refractivity contribution in [3.8, 4) is 0 Å². The summed E-state index contributed by atoms with van der Waals surface area (Å²) in [6.45, 7) is 4.56. The molecule has 0 unspecified atom stereocenters. The summed E-state index contributed by atoms with van der Waals surface area (Å²) in [7, 11) is 0. The topological polar surface area (TPSA) is 0 Å². The highest BCUT2D eigenvalue weighted by molar-refractivity contribution is 5.54. The Morgan fingerprint density at radius 2 is 2.00 bits per heavy atom. The molecular weight excluding hydrogens is 156 g/mol. The van der Waals surface area contributed by atoms with Crippen LogP contribution in [0.3, 0.4) is 0 Å². The standard InChI is InChI=1S/C13H16/c1-10(2)12-9-5-7-11-6-3-4-8-13(11)12/h4-8,10H,3,9H2,1-2H3. The number of allylic oxidation sites excluding steroid dienone is 8. The third-order valence-corrected chi connectivity index (χ3v) is 2.75. The fourth-order valence-corrected chi connectivity index (χ4v) is 2.01. The first-order chi connectivity index (χ1) is 6.29. The molecule has 2 aliphatic carbocycles. The molecule has 0 saturated carbocycles. The third-order valence-electron chi connectivity index (χ3n) is 2.75. The van der Waals surface area contributed by atoms with Gasteiger partial charge in [-0.05, 0) is 29.9 Å². The van der Waals surface area contributed by atoms with E-state index in [4.69, 9.17) is 0 Å². The lowest BCUT2D eigenvalue weighted by molar-refractivity contribution is 0.736. The van der Waals surface area contributed by atoms with Crippen LogP contribution in [0.1, 0.15) is 26.7 Å². The first kappa shape index (κ1) is 8.55. The van der Waals surface area contributed by atoms with Gasteiger partial charge in [0.05, 0.1) is 0 Å². The fraction of sp³-hybridized carbons (Fsp3) is 0.385. The molecule has 0 aromatic carbocycles. The second kappa shape index (κ2) is 3.37. The zero-order valence-electron chi connectivity index (χ0n) is 8.38. The van der Waals surface area contributed by atoms with Gasteiger partial charge in [-0.25, -0.2) is 0 Å². The minimum atomic E-state index is 0.672. The molecule has 13 heavy (non-hydrogen) atoms. The Morgan fingerprint density at radius 3 is 2.77 bits per heavy atom. The summed E-state index contributed by atoms with van der Waals surface area (Å²) in [5, 5.41) is 0. The van der Waals surface area contributed by atoms with Gasteiger partial charge in [-0.3, -0.25) is 0 Å². The van der Waals surface area contributed by atoms with Crippen LogP contribution in [0.15, 0.2) is 47.1 Å². The van der Waals surface area contributed by atoms with Crippen LogP contribution in [0.2, 0.25) is 0 Å². The summed E-state index contributed by atoms with van der Waals surface area (Å²) < 4.78 is 0. The molecule has 0 bridgehead atoms. The van der Waals surface area contributed by atoms with E-state index >= 15 is 0 Å². The van der Waals surface area contributed by atoms with E-state index < -0.39 is 0 Å². The van der Waals surface area contributed by atoms with E-state index in [0.717, 1.165) is 12.8 Å². The molecule has 0 saturated heterocycles. The average molecular weight is 172 g/mol. The Balaban J connectivity index is 2.43. The quantitative estimate of drug-likeness (QED) is 0.564. The first-order valence-electron chi connectivity index (χ1n) is 5.05. The van der Waals surface area contributed by atoms with E-state index in [-0.39, 0.29) is 0 Å². The molecule has 0 atom stereocenters. The number of rotatable bonds is 1. The lowest BCUT2D eigenvalue weighted by Gasteiger charge is -2.21. The summed E-state index contributed by atoms with van der Waals surface area (Å²) in [6, 6.07) is 0. The van der Waals surface area contributed by atoms with Crippen LogP contribution in [0.25, 0.3) is 0 Å². The second-order valence-electron chi connectivity index (χ2n) is 4.00. The van der Waals surface area contributed by atoms with Gasteiger partial charge in [0.1, 0.15) is 0 Å². The SMILES string of the molecule is CC(C)C1=C2C=CCC=C2C=CC1. The van der Waals surface area contributed by atoms with Gasteiger partial charge in [0.15, 0.2) is 0 Å². The minimum Gasteiger partial charge on any atom is -0.0801 e. The molecular formula is C13H16. The number of fused-ring (bicyclic) bond motifs is 1. The van der Waals surface area contributed by atoms with Gasteiger partial charge in [0.25, 0.3) is 0 Å². The van der Waals surface area contributed by atoms with Crippen molar-refractivity contribution >= 4 is 0 Å². The summed E-state index contributed by atoms with van der Waals surface area (Å²) in [5.74, 6) is 0.672. The molecule has 0 nitrogen and oxygen atoms in total. The Morgan fingerprint density at radius 1 is 1.15 bits per heavy atom. The minimum absolute atomic E-state index is 0.672. The predicted molar refractivity (Wildman–Crippen MR) is 57.5 cm³/mol. The van der Waals surface area contributed by atoms with Crippen LogP contribution in [0.5, 0.6) is 0 Å². The van der Waals surface area contributed by atoms with Crippen molar-refractivity contribution in [2.45, 2.75) is 26.7 Å². The van der Waals surface area contributed by atoms with Gasteiger partial charge in [0, 0.05) is 0 Å². The van der Waals surface area contributed by atoms with E-state index in [2.05, 4.69) is 44.2 Å². The van der Waals surface area contributed by atoms with E-state index in [1.165, 1.54) is 11.1 Å². The predicted octanol–water partition coefficient (Wildman–Crippen LogP) is 3.79. The van der Waals surface area contributed by atoms with E-state index in [9.17, 15) is 0 Å². The van der Waals surface area contributed by atoms with Crippen molar-refractivity contribution in [1.82, 2.24) is 0 Å². The second-order valence-corrected chi connectivity index (χ2v) is 4.00. The van der Waals surface area contributed by atoms with Crippen molar-refractivity contribution in [1.29, 1.82) is 0 Å². The zero-order valence-corrected chi connectivity index (χ0v) is 8.38. The maximum atomic E-state index is 2.31. The van der Waals surface area contributed by atoms with Crippen LogP contribution in [0, 0.1) is 5.92 Å². The summed E-state index contributed by atoms with van der Waals surface area (Å²) in [4.78, 5) is 0. The zero-order chi connectivity index (χ0) is 9.26. The molecule has 0 heteroatoms. The largest absolute Gasteiger partial charge is 0.0801 e. The van der Waals surface area contributed by atoms with Crippen LogP contribution in [-0.4, -0.2) is 0 Å². The third kappa shape index (κ3) is 1.53. The first-order valence-corrected chi connectivity index (χ1v) is 5.05. The normalized spacial score (nSPS) is 20.7. The molecule has 0 aliphatic heterocycles. The van der Waals surface area contributed by atoms with E-state index in [0.29, 0.717) is 5.92 Å². The molecule has 0 N–H and O–H groups in total. The maximum absolute atomic E-state index is 2.31. The van der Waals surface area contributed by atoms with Crippen molar-refractivity contribution < 1.29 is 0 Å². The Kier molecular flexibility index (Phi) is 2.22. The van der Waals surface area contributed by atoms with E-state index in [1.807, 2.05) is 0 Å². The molecule has 0 aromatic heterocycles. The van der Waals surface area contributed by atoms with Crippen LogP contribution in [-0.2, 0) is 0 Å².